The minimum absolute atomic E-state index is 0.373. The topological polar surface area (TPSA) is 37.4 Å². The third kappa shape index (κ3) is 1.32. The second-order valence-corrected chi connectivity index (χ2v) is 5.30. The molecule has 3 nitrogen and oxygen atoms in total. The molecule has 0 unspecified atom stereocenters. The van der Waals surface area contributed by atoms with Crippen LogP contribution in [-0.2, 0) is 10.0 Å². The molecule has 1 heterocycles. The number of hydrogen-bond donors (Lipinski definition) is 0. The maximum absolute atomic E-state index is 11.4. The Balaban J connectivity index is 2.61. The number of rotatable bonds is 1. The summed E-state index contributed by atoms with van der Waals surface area (Å²) < 4.78 is 24.2. The van der Waals surface area contributed by atoms with E-state index in [9.17, 15) is 8.42 Å². The van der Waals surface area contributed by atoms with Crippen LogP contribution in [0.15, 0.2) is 30.8 Å². The summed E-state index contributed by atoms with van der Waals surface area (Å²) in [5.41, 5.74) is 2.52. The molecule has 0 fully saturated rings. The van der Waals surface area contributed by atoms with E-state index in [4.69, 9.17) is 0 Å². The van der Waals surface area contributed by atoms with Gasteiger partial charge in [-0.3, -0.25) is 4.31 Å². The monoisotopic (exact) mass is 209 g/mol. The molecule has 0 aliphatic carbocycles. The first-order chi connectivity index (χ1) is 6.50. The van der Waals surface area contributed by atoms with E-state index in [-0.39, 0.29) is 0 Å². The van der Waals surface area contributed by atoms with Crippen molar-refractivity contribution in [1.29, 1.82) is 0 Å². The predicted molar refractivity (Wildman–Crippen MR) is 57.7 cm³/mol. The fourth-order valence-corrected chi connectivity index (χ4v) is 2.54. The van der Waals surface area contributed by atoms with E-state index >= 15 is 0 Å². The van der Waals surface area contributed by atoms with Gasteiger partial charge in [0.15, 0.2) is 0 Å². The van der Waals surface area contributed by atoms with Crippen LogP contribution < -0.4 is 4.31 Å². The Morgan fingerprint density at radius 1 is 1.36 bits per heavy atom. The van der Waals surface area contributed by atoms with E-state index in [2.05, 4.69) is 6.58 Å². The molecule has 74 valence electrons. The van der Waals surface area contributed by atoms with Crippen LogP contribution in [0.4, 0.5) is 5.69 Å². The average molecular weight is 209 g/mol. The van der Waals surface area contributed by atoms with Gasteiger partial charge < -0.3 is 0 Å². The number of hydrogen-bond acceptors (Lipinski definition) is 2. The second kappa shape index (κ2) is 2.85. The summed E-state index contributed by atoms with van der Waals surface area (Å²) in [5.74, 6) is 0. The molecule has 0 amide bonds. The van der Waals surface area contributed by atoms with Gasteiger partial charge in [0.2, 0.25) is 10.0 Å². The smallest absolute Gasteiger partial charge is 0.232 e. The van der Waals surface area contributed by atoms with Crippen molar-refractivity contribution in [2.75, 3.05) is 17.1 Å². The van der Waals surface area contributed by atoms with Gasteiger partial charge in [-0.1, -0.05) is 24.8 Å². The number of nitrogens with zero attached hydrogens (tertiary/aromatic N) is 1. The molecule has 0 spiro atoms. The van der Waals surface area contributed by atoms with Crippen LogP contribution in [-0.4, -0.2) is 21.2 Å². The first kappa shape index (κ1) is 9.27. The van der Waals surface area contributed by atoms with Crippen molar-refractivity contribution >= 4 is 21.3 Å². The summed E-state index contributed by atoms with van der Waals surface area (Å²) in [7, 11) is -3.18. The normalized spacial score (nSPS) is 15.8. The highest BCUT2D eigenvalue weighted by molar-refractivity contribution is 7.92. The number of sulfonamides is 1. The number of fused-ring (bicyclic) bond motifs is 1. The Morgan fingerprint density at radius 2 is 2.00 bits per heavy atom. The minimum atomic E-state index is -3.18. The van der Waals surface area contributed by atoms with Crippen molar-refractivity contribution < 1.29 is 8.42 Å². The second-order valence-electron chi connectivity index (χ2n) is 3.39. The van der Waals surface area contributed by atoms with Crippen LogP contribution in [0.1, 0.15) is 5.56 Å². The molecule has 0 N–H and O–H groups in total. The zero-order valence-corrected chi connectivity index (χ0v) is 8.71. The van der Waals surface area contributed by atoms with Gasteiger partial charge in [-0.05, 0) is 11.6 Å². The molecule has 0 saturated carbocycles. The SMILES string of the molecule is C=C1CN(S(C)(=O)=O)c2ccccc21. The van der Waals surface area contributed by atoms with Gasteiger partial charge in [0.05, 0.1) is 18.5 Å². The quantitative estimate of drug-likeness (QED) is 0.702. The van der Waals surface area contributed by atoms with Gasteiger partial charge in [-0.2, -0.15) is 0 Å². The van der Waals surface area contributed by atoms with E-state index < -0.39 is 10.0 Å². The third-order valence-electron chi connectivity index (χ3n) is 2.29. The van der Waals surface area contributed by atoms with Crippen molar-refractivity contribution in [3.05, 3.63) is 36.4 Å². The molecule has 2 rings (SSSR count). The standard InChI is InChI=1S/C10H11NO2S/c1-8-7-11(14(2,12)13)10-6-4-3-5-9(8)10/h3-6H,1,7H2,2H3. The van der Waals surface area contributed by atoms with E-state index in [0.717, 1.165) is 16.8 Å². The van der Waals surface area contributed by atoms with Gasteiger partial charge in [0.25, 0.3) is 0 Å². The molecule has 14 heavy (non-hydrogen) atoms. The summed E-state index contributed by atoms with van der Waals surface area (Å²) in [5, 5.41) is 0. The average Bonchev–Trinajstić information content (AvgIpc) is 2.44. The molecule has 0 saturated heterocycles. The van der Waals surface area contributed by atoms with Crippen LogP contribution in [0, 0.1) is 0 Å². The first-order valence-corrected chi connectivity index (χ1v) is 6.10. The zero-order chi connectivity index (χ0) is 10.3. The molecule has 4 heteroatoms. The van der Waals surface area contributed by atoms with Crippen LogP contribution in [0.3, 0.4) is 0 Å². The Kier molecular flexibility index (Phi) is 1.89. The fourth-order valence-electron chi connectivity index (χ4n) is 1.63. The third-order valence-corrected chi connectivity index (χ3v) is 3.41. The highest BCUT2D eigenvalue weighted by atomic mass is 32.2. The van der Waals surface area contributed by atoms with Gasteiger partial charge in [-0.25, -0.2) is 8.42 Å². The van der Waals surface area contributed by atoms with Crippen molar-refractivity contribution in [3.8, 4) is 0 Å². The number of para-hydroxylation sites is 1. The fraction of sp³-hybridized carbons (Fsp3) is 0.200. The van der Waals surface area contributed by atoms with E-state index in [1.165, 1.54) is 10.6 Å². The first-order valence-electron chi connectivity index (χ1n) is 4.25. The summed E-state index contributed by atoms with van der Waals surface area (Å²) in [4.78, 5) is 0. The zero-order valence-electron chi connectivity index (χ0n) is 7.90. The van der Waals surface area contributed by atoms with E-state index in [1.54, 1.807) is 6.07 Å². The van der Waals surface area contributed by atoms with Crippen molar-refractivity contribution in [2.24, 2.45) is 0 Å². The summed E-state index contributed by atoms with van der Waals surface area (Å²) in [6, 6.07) is 7.41. The van der Waals surface area contributed by atoms with Crippen molar-refractivity contribution in [2.45, 2.75) is 0 Å². The summed E-state index contributed by atoms with van der Waals surface area (Å²) in [6.45, 7) is 4.23. The Morgan fingerprint density at radius 3 is 2.64 bits per heavy atom. The van der Waals surface area contributed by atoms with Crippen LogP contribution >= 0.6 is 0 Å². The van der Waals surface area contributed by atoms with E-state index in [0.29, 0.717) is 6.54 Å². The maximum atomic E-state index is 11.4. The molecule has 0 radical (unpaired) electrons. The Hall–Kier alpha value is -1.29. The van der Waals surface area contributed by atoms with E-state index in [1.807, 2.05) is 18.2 Å². The molecule has 0 atom stereocenters. The molecular weight excluding hydrogens is 198 g/mol. The number of anilines is 1. The van der Waals surface area contributed by atoms with Crippen molar-refractivity contribution in [3.63, 3.8) is 0 Å². The van der Waals surface area contributed by atoms with Crippen LogP contribution in [0.2, 0.25) is 0 Å². The molecule has 1 aliphatic heterocycles. The lowest BCUT2D eigenvalue weighted by Crippen LogP contribution is -2.27. The lowest BCUT2D eigenvalue weighted by atomic mass is 10.1. The van der Waals surface area contributed by atoms with Crippen LogP contribution in [0.25, 0.3) is 5.57 Å². The summed E-state index contributed by atoms with van der Waals surface area (Å²) in [6.07, 6.45) is 1.21. The maximum Gasteiger partial charge on any atom is 0.232 e. The predicted octanol–water partition coefficient (Wildman–Crippen LogP) is 1.48. The van der Waals surface area contributed by atoms with Gasteiger partial charge in [0.1, 0.15) is 0 Å². The molecule has 1 aromatic carbocycles. The Bertz CT molecular complexity index is 491. The number of benzene rings is 1. The molecule has 0 bridgehead atoms. The van der Waals surface area contributed by atoms with Gasteiger partial charge in [-0.15, -0.1) is 0 Å². The van der Waals surface area contributed by atoms with Gasteiger partial charge in [0, 0.05) is 5.56 Å². The van der Waals surface area contributed by atoms with Gasteiger partial charge >= 0.3 is 0 Å². The molecule has 0 aromatic heterocycles. The largest absolute Gasteiger partial charge is 0.265 e. The summed E-state index contributed by atoms with van der Waals surface area (Å²) >= 11 is 0. The lowest BCUT2D eigenvalue weighted by Gasteiger charge is -2.15. The Labute approximate surface area is 83.7 Å². The van der Waals surface area contributed by atoms with Crippen molar-refractivity contribution in [1.82, 2.24) is 0 Å². The highest BCUT2D eigenvalue weighted by Gasteiger charge is 2.27. The van der Waals surface area contributed by atoms with Crippen LogP contribution in [0.5, 0.6) is 0 Å². The minimum Gasteiger partial charge on any atom is -0.265 e. The molecular formula is C10H11NO2S. The molecule has 1 aliphatic rings. The molecule has 1 aromatic rings. The highest BCUT2D eigenvalue weighted by Crippen LogP contribution is 2.35. The lowest BCUT2D eigenvalue weighted by molar-refractivity contribution is 0.599.